The first-order chi connectivity index (χ1) is 13.5. The Hall–Kier alpha value is -1.67. The van der Waals surface area contributed by atoms with Crippen molar-refractivity contribution in [2.24, 2.45) is 5.92 Å². The summed E-state index contributed by atoms with van der Waals surface area (Å²) in [5.41, 5.74) is 5.34. The van der Waals surface area contributed by atoms with E-state index >= 15 is 0 Å². The molecule has 1 fully saturated rings. The summed E-state index contributed by atoms with van der Waals surface area (Å²) in [6.07, 6.45) is 6.22. The highest BCUT2D eigenvalue weighted by Gasteiger charge is 2.27. The second kappa shape index (κ2) is 11.4. The molecule has 0 spiro atoms. The molecule has 0 heterocycles. The van der Waals surface area contributed by atoms with Gasteiger partial charge in [-0.1, -0.05) is 77.3 Å². The summed E-state index contributed by atoms with van der Waals surface area (Å²) in [6.45, 7) is 9.90. The van der Waals surface area contributed by atoms with E-state index in [9.17, 15) is 4.39 Å². The zero-order chi connectivity index (χ0) is 20.5. The third-order valence-electron chi connectivity index (χ3n) is 5.86. The summed E-state index contributed by atoms with van der Waals surface area (Å²) in [5.74, 6) is 1.85. The van der Waals surface area contributed by atoms with Crippen molar-refractivity contribution in [1.29, 1.82) is 0 Å². The smallest absolute Gasteiger partial charge is 0.123 e. The van der Waals surface area contributed by atoms with E-state index in [2.05, 4.69) is 57.3 Å². The predicted molar refractivity (Wildman–Crippen MR) is 120 cm³/mol. The van der Waals surface area contributed by atoms with Crippen LogP contribution in [0, 0.1) is 11.7 Å². The maximum absolute atomic E-state index is 13.6. The molecule has 0 bridgehead atoms. The van der Waals surface area contributed by atoms with E-state index < -0.39 is 0 Å². The Kier molecular flexibility index (Phi) is 9.18. The largest absolute Gasteiger partial charge is 0.320 e. The van der Waals surface area contributed by atoms with Crippen molar-refractivity contribution in [1.82, 2.24) is 5.32 Å². The zero-order valence-electron chi connectivity index (χ0n) is 18.4. The second-order valence-electron chi connectivity index (χ2n) is 8.29. The second-order valence-corrected chi connectivity index (χ2v) is 8.29. The van der Waals surface area contributed by atoms with Gasteiger partial charge in [-0.2, -0.15) is 0 Å². The SMILES string of the molecule is CC1CC1.CCC[C@@H]1c2ccccc2Cc2ccc(F)cc2C1C.CCNC. The summed E-state index contributed by atoms with van der Waals surface area (Å²) in [4.78, 5) is 0. The van der Waals surface area contributed by atoms with Gasteiger partial charge in [0.1, 0.15) is 5.82 Å². The lowest BCUT2D eigenvalue weighted by Crippen LogP contribution is -2.08. The topological polar surface area (TPSA) is 12.0 Å². The number of nitrogens with one attached hydrogen (secondary N) is 1. The highest BCUT2D eigenvalue weighted by atomic mass is 19.1. The Bertz CT molecular complexity index is 718. The van der Waals surface area contributed by atoms with E-state index in [0.717, 1.165) is 31.7 Å². The number of benzene rings is 2. The Morgan fingerprint density at radius 3 is 2.14 bits per heavy atom. The highest BCUT2D eigenvalue weighted by molar-refractivity contribution is 5.45. The van der Waals surface area contributed by atoms with Gasteiger partial charge in [0, 0.05) is 0 Å². The maximum Gasteiger partial charge on any atom is 0.123 e. The molecule has 2 aliphatic rings. The van der Waals surface area contributed by atoms with Crippen molar-refractivity contribution < 1.29 is 4.39 Å². The summed E-state index contributed by atoms with van der Waals surface area (Å²) >= 11 is 0. The zero-order valence-corrected chi connectivity index (χ0v) is 18.4. The van der Waals surface area contributed by atoms with Crippen LogP contribution in [0.15, 0.2) is 42.5 Å². The third kappa shape index (κ3) is 6.44. The minimum Gasteiger partial charge on any atom is -0.320 e. The molecule has 1 saturated carbocycles. The lowest BCUT2D eigenvalue weighted by molar-refractivity contribution is 0.526. The van der Waals surface area contributed by atoms with E-state index in [1.54, 1.807) is 12.1 Å². The van der Waals surface area contributed by atoms with Crippen molar-refractivity contribution in [3.8, 4) is 0 Å². The molecule has 1 nitrogen and oxygen atoms in total. The fraction of sp³-hybridized carbons (Fsp3) is 0.538. The molecular formula is C26H38FN. The Morgan fingerprint density at radius 1 is 0.964 bits per heavy atom. The van der Waals surface area contributed by atoms with Crippen LogP contribution in [0.1, 0.15) is 87.5 Å². The average Bonchev–Trinajstić information content (AvgIpc) is 3.51. The molecule has 2 atom stereocenters. The number of rotatable bonds is 3. The minimum atomic E-state index is -0.114. The molecule has 2 aliphatic carbocycles. The van der Waals surface area contributed by atoms with Crippen LogP contribution in [0.3, 0.4) is 0 Å². The first kappa shape index (κ1) is 22.6. The molecule has 28 heavy (non-hydrogen) atoms. The molecule has 0 aromatic heterocycles. The summed E-state index contributed by atoms with van der Waals surface area (Å²) < 4.78 is 13.6. The Labute approximate surface area is 171 Å². The standard InChI is InChI=1S/C19H21F.C4H8.C3H9N/c1-3-6-17-13(2)19-12-16(20)10-9-15(19)11-14-7-4-5-8-18(14)17;1-4-2-3-4;1-3-4-2/h4-5,7-10,12-13,17H,3,6,11H2,1-2H3;4H,2-3H2,1H3;4H,3H2,1-2H3/t13?,17-;;/m0../s1. The minimum absolute atomic E-state index is 0.114. The predicted octanol–water partition coefficient (Wildman–Crippen LogP) is 7.06. The molecule has 2 aromatic carbocycles. The third-order valence-corrected chi connectivity index (χ3v) is 5.86. The molecule has 2 aromatic rings. The van der Waals surface area contributed by atoms with Gasteiger partial charge in [0.25, 0.3) is 0 Å². The Morgan fingerprint density at radius 2 is 1.57 bits per heavy atom. The van der Waals surface area contributed by atoms with Gasteiger partial charge in [0.15, 0.2) is 0 Å². The van der Waals surface area contributed by atoms with Crippen LogP contribution in [0.4, 0.5) is 4.39 Å². The highest BCUT2D eigenvalue weighted by Crippen LogP contribution is 2.42. The van der Waals surface area contributed by atoms with Crippen molar-refractivity contribution in [3.05, 3.63) is 70.5 Å². The fourth-order valence-electron chi connectivity index (χ4n) is 3.78. The summed E-state index contributed by atoms with van der Waals surface area (Å²) in [7, 11) is 1.93. The van der Waals surface area contributed by atoms with Crippen LogP contribution in [0.25, 0.3) is 0 Å². The van der Waals surface area contributed by atoms with E-state index in [1.807, 2.05) is 13.1 Å². The van der Waals surface area contributed by atoms with E-state index in [0.29, 0.717) is 11.8 Å². The molecule has 0 radical (unpaired) electrons. The van der Waals surface area contributed by atoms with Gasteiger partial charge in [0.2, 0.25) is 0 Å². The molecule has 1 unspecified atom stereocenters. The van der Waals surface area contributed by atoms with Crippen LogP contribution < -0.4 is 5.32 Å². The molecule has 2 heteroatoms. The van der Waals surface area contributed by atoms with E-state index in [-0.39, 0.29) is 5.82 Å². The quantitative estimate of drug-likeness (QED) is 0.598. The van der Waals surface area contributed by atoms with Crippen molar-refractivity contribution in [2.45, 2.75) is 71.6 Å². The van der Waals surface area contributed by atoms with Gasteiger partial charge < -0.3 is 5.32 Å². The van der Waals surface area contributed by atoms with Crippen molar-refractivity contribution in [2.75, 3.05) is 13.6 Å². The normalized spacial score (nSPS) is 19.8. The molecule has 1 N–H and O–H groups in total. The lowest BCUT2D eigenvalue weighted by Gasteiger charge is -2.24. The van der Waals surface area contributed by atoms with Gasteiger partial charge >= 0.3 is 0 Å². The van der Waals surface area contributed by atoms with Crippen LogP contribution in [-0.2, 0) is 6.42 Å². The lowest BCUT2D eigenvalue weighted by atomic mass is 9.80. The van der Waals surface area contributed by atoms with Gasteiger partial charge in [-0.05, 0) is 78.6 Å². The van der Waals surface area contributed by atoms with Crippen molar-refractivity contribution >= 4 is 0 Å². The molecule has 4 rings (SSSR count). The van der Waals surface area contributed by atoms with Crippen molar-refractivity contribution in [3.63, 3.8) is 0 Å². The Balaban J connectivity index is 0.000000294. The molecule has 0 amide bonds. The van der Waals surface area contributed by atoms with E-state index in [4.69, 9.17) is 0 Å². The van der Waals surface area contributed by atoms with Crippen LogP contribution in [-0.4, -0.2) is 13.6 Å². The number of halogens is 1. The summed E-state index contributed by atoms with van der Waals surface area (Å²) in [5, 5.41) is 2.93. The first-order valence-corrected chi connectivity index (χ1v) is 11.0. The first-order valence-electron chi connectivity index (χ1n) is 11.0. The average molecular weight is 384 g/mol. The number of fused-ring (bicyclic) bond motifs is 2. The van der Waals surface area contributed by atoms with Gasteiger partial charge in [0.05, 0.1) is 0 Å². The molecule has 154 valence electrons. The monoisotopic (exact) mass is 383 g/mol. The van der Waals surface area contributed by atoms with Crippen LogP contribution in [0.2, 0.25) is 0 Å². The number of hydrogen-bond donors (Lipinski definition) is 1. The molecule has 0 aliphatic heterocycles. The fourth-order valence-corrected chi connectivity index (χ4v) is 3.78. The van der Waals surface area contributed by atoms with Gasteiger partial charge in [-0.15, -0.1) is 0 Å². The van der Waals surface area contributed by atoms with E-state index in [1.165, 1.54) is 35.1 Å². The maximum atomic E-state index is 13.6. The summed E-state index contributed by atoms with van der Waals surface area (Å²) in [6, 6.07) is 14.0. The molecule has 0 saturated heterocycles. The van der Waals surface area contributed by atoms with Crippen LogP contribution >= 0.6 is 0 Å². The molecular weight excluding hydrogens is 345 g/mol. The van der Waals surface area contributed by atoms with Gasteiger partial charge in [-0.3, -0.25) is 0 Å². The van der Waals surface area contributed by atoms with Gasteiger partial charge in [-0.25, -0.2) is 4.39 Å². The number of hydrogen-bond acceptors (Lipinski definition) is 1. The van der Waals surface area contributed by atoms with Crippen LogP contribution in [0.5, 0.6) is 0 Å².